The van der Waals surface area contributed by atoms with Gasteiger partial charge in [0, 0.05) is 11.8 Å². The second-order valence-electron chi connectivity index (χ2n) is 4.27. The smallest absolute Gasteiger partial charge is 0.332 e. The molecular formula is C13H18BrN3O3. The van der Waals surface area contributed by atoms with E-state index < -0.39 is 5.97 Å². The zero-order chi connectivity index (χ0) is 15.3. The zero-order valence-electron chi connectivity index (χ0n) is 12.0. The summed E-state index contributed by atoms with van der Waals surface area (Å²) >= 11 is 3.40. The number of nitrogens with one attached hydrogen (secondary N) is 1. The van der Waals surface area contributed by atoms with Gasteiger partial charge in [-0.3, -0.25) is 9.48 Å². The van der Waals surface area contributed by atoms with E-state index in [4.69, 9.17) is 4.74 Å². The minimum absolute atomic E-state index is 0.0896. The van der Waals surface area contributed by atoms with Gasteiger partial charge in [0.2, 0.25) is 5.91 Å². The number of nitrogens with zero attached hydrogens (tertiary/aromatic N) is 2. The molecule has 0 aliphatic heterocycles. The van der Waals surface area contributed by atoms with E-state index in [1.165, 1.54) is 6.08 Å². The first kappa shape index (κ1) is 16.4. The molecular weight excluding hydrogens is 326 g/mol. The van der Waals surface area contributed by atoms with E-state index in [1.807, 2.05) is 13.8 Å². The van der Waals surface area contributed by atoms with Crippen LogP contribution in [0, 0.1) is 13.8 Å². The fraction of sp³-hybridized carbons (Fsp3) is 0.462. The second-order valence-corrected chi connectivity index (χ2v) is 5.06. The molecule has 0 aromatic carbocycles. The fourth-order valence-corrected chi connectivity index (χ4v) is 1.91. The Balaban J connectivity index is 2.64. The van der Waals surface area contributed by atoms with Crippen LogP contribution in [0.15, 0.2) is 16.2 Å². The Hall–Kier alpha value is -1.63. The van der Waals surface area contributed by atoms with Crippen LogP contribution >= 0.6 is 15.9 Å². The largest absolute Gasteiger partial charge is 0.463 e. The number of allylic oxidation sites excluding steroid dienone is 1. The summed E-state index contributed by atoms with van der Waals surface area (Å²) in [6.45, 7) is 7.48. The van der Waals surface area contributed by atoms with E-state index in [0.29, 0.717) is 12.3 Å². The molecule has 0 radical (unpaired) electrons. The lowest BCUT2D eigenvalue weighted by molar-refractivity contribution is -0.137. The molecule has 1 aromatic rings. The highest BCUT2D eigenvalue weighted by atomic mass is 79.9. The Bertz CT molecular complexity index is 549. The Morgan fingerprint density at radius 3 is 2.60 bits per heavy atom. The summed E-state index contributed by atoms with van der Waals surface area (Å²) in [6.07, 6.45) is 1.25. The van der Waals surface area contributed by atoms with Crippen molar-refractivity contribution in [1.82, 2.24) is 15.1 Å². The molecule has 1 heterocycles. The number of aryl methyl sites for hydroxylation is 1. The summed E-state index contributed by atoms with van der Waals surface area (Å²) in [5.41, 5.74) is 2.15. The number of carbonyl (C=O) groups is 2. The number of amides is 1. The molecule has 110 valence electrons. The van der Waals surface area contributed by atoms with E-state index in [0.717, 1.165) is 15.9 Å². The summed E-state index contributed by atoms with van der Waals surface area (Å²) in [5.74, 6) is -0.722. The molecule has 1 aromatic heterocycles. The van der Waals surface area contributed by atoms with Crippen molar-refractivity contribution in [2.24, 2.45) is 0 Å². The molecule has 0 atom stereocenters. The molecule has 1 N–H and O–H groups in total. The first-order valence-electron chi connectivity index (χ1n) is 6.19. The molecule has 20 heavy (non-hydrogen) atoms. The first-order chi connectivity index (χ1) is 9.35. The Morgan fingerprint density at radius 2 is 2.10 bits per heavy atom. The number of halogens is 1. The highest BCUT2D eigenvalue weighted by Gasteiger charge is 2.12. The molecule has 1 amide bonds. The number of esters is 1. The fourth-order valence-electron chi connectivity index (χ4n) is 1.62. The number of hydrogen-bond acceptors (Lipinski definition) is 4. The van der Waals surface area contributed by atoms with Crippen LogP contribution in [0.5, 0.6) is 0 Å². The van der Waals surface area contributed by atoms with Gasteiger partial charge in [0.1, 0.15) is 6.54 Å². The molecule has 0 spiro atoms. The van der Waals surface area contributed by atoms with Gasteiger partial charge in [-0.2, -0.15) is 5.10 Å². The Kier molecular flexibility index (Phi) is 5.94. The molecule has 0 saturated heterocycles. The Morgan fingerprint density at radius 1 is 1.45 bits per heavy atom. The van der Waals surface area contributed by atoms with Crippen molar-refractivity contribution in [3.05, 3.63) is 27.6 Å². The quantitative estimate of drug-likeness (QED) is 0.654. The van der Waals surface area contributed by atoms with Crippen LogP contribution in [0.4, 0.5) is 0 Å². The third kappa shape index (κ3) is 4.48. The van der Waals surface area contributed by atoms with Crippen LogP contribution in [0.2, 0.25) is 0 Å². The molecule has 1 rings (SSSR count). The lowest BCUT2D eigenvalue weighted by atomic mass is 10.4. The monoisotopic (exact) mass is 343 g/mol. The van der Waals surface area contributed by atoms with Crippen LogP contribution in [0.3, 0.4) is 0 Å². The molecule has 0 aliphatic rings. The van der Waals surface area contributed by atoms with E-state index in [9.17, 15) is 9.59 Å². The highest BCUT2D eigenvalue weighted by Crippen LogP contribution is 2.19. The van der Waals surface area contributed by atoms with Gasteiger partial charge in [0.15, 0.2) is 0 Å². The minimum atomic E-state index is -0.473. The summed E-state index contributed by atoms with van der Waals surface area (Å²) in [5, 5.41) is 6.86. The van der Waals surface area contributed by atoms with Gasteiger partial charge < -0.3 is 10.1 Å². The molecule has 0 unspecified atom stereocenters. The number of aromatic nitrogens is 2. The third-order valence-electron chi connectivity index (χ3n) is 2.54. The van der Waals surface area contributed by atoms with Crippen LogP contribution < -0.4 is 5.32 Å². The summed E-state index contributed by atoms with van der Waals surface area (Å²) in [6, 6.07) is 0. The predicted molar refractivity (Wildman–Crippen MR) is 77.9 cm³/mol. The highest BCUT2D eigenvalue weighted by molar-refractivity contribution is 9.10. The van der Waals surface area contributed by atoms with Gasteiger partial charge in [-0.25, -0.2) is 4.79 Å². The summed E-state index contributed by atoms with van der Waals surface area (Å²) in [4.78, 5) is 23.1. The van der Waals surface area contributed by atoms with Gasteiger partial charge in [-0.15, -0.1) is 0 Å². The molecule has 0 aliphatic carbocycles. The standard InChI is InChI=1S/C13H18BrN3O3/c1-5-20-12(19)6-8(2)15-11(18)7-17-10(4)13(14)9(3)16-17/h6H,5,7H2,1-4H3,(H,15,18)/b8-6+. The molecule has 0 saturated carbocycles. The summed E-state index contributed by atoms with van der Waals surface area (Å²) in [7, 11) is 0. The lowest BCUT2D eigenvalue weighted by Crippen LogP contribution is -2.27. The van der Waals surface area contributed by atoms with Crippen molar-refractivity contribution in [2.45, 2.75) is 34.2 Å². The third-order valence-corrected chi connectivity index (χ3v) is 3.69. The van der Waals surface area contributed by atoms with Crippen molar-refractivity contribution < 1.29 is 14.3 Å². The van der Waals surface area contributed by atoms with Gasteiger partial charge in [0.25, 0.3) is 0 Å². The normalized spacial score (nSPS) is 11.3. The van der Waals surface area contributed by atoms with Crippen LogP contribution in [-0.4, -0.2) is 28.3 Å². The van der Waals surface area contributed by atoms with E-state index >= 15 is 0 Å². The van der Waals surface area contributed by atoms with E-state index in [1.54, 1.807) is 18.5 Å². The van der Waals surface area contributed by atoms with E-state index in [2.05, 4.69) is 26.3 Å². The maximum absolute atomic E-state index is 11.9. The van der Waals surface area contributed by atoms with Crippen LogP contribution in [0.1, 0.15) is 25.2 Å². The van der Waals surface area contributed by atoms with Crippen LogP contribution in [-0.2, 0) is 20.9 Å². The van der Waals surface area contributed by atoms with Crippen LogP contribution in [0.25, 0.3) is 0 Å². The zero-order valence-corrected chi connectivity index (χ0v) is 13.6. The lowest BCUT2D eigenvalue weighted by Gasteiger charge is -2.07. The molecule has 7 heteroatoms. The predicted octanol–water partition coefficient (Wildman–Crippen LogP) is 1.85. The Labute approximate surface area is 126 Å². The topological polar surface area (TPSA) is 73.2 Å². The average Bonchev–Trinajstić information content (AvgIpc) is 2.56. The average molecular weight is 344 g/mol. The molecule has 0 bridgehead atoms. The summed E-state index contributed by atoms with van der Waals surface area (Å²) < 4.78 is 7.26. The number of carbonyl (C=O) groups excluding carboxylic acids is 2. The minimum Gasteiger partial charge on any atom is -0.463 e. The maximum Gasteiger partial charge on any atom is 0.332 e. The van der Waals surface area contributed by atoms with Crippen molar-refractivity contribution >= 4 is 27.8 Å². The number of hydrogen-bond donors (Lipinski definition) is 1. The number of ether oxygens (including phenoxy) is 1. The van der Waals surface area contributed by atoms with Crippen molar-refractivity contribution in [2.75, 3.05) is 6.61 Å². The molecule has 0 fully saturated rings. The van der Waals surface area contributed by atoms with Crippen molar-refractivity contribution in [3.8, 4) is 0 Å². The SMILES string of the molecule is CCOC(=O)/C=C(\C)NC(=O)Cn1nc(C)c(Br)c1C. The molecule has 6 nitrogen and oxygen atoms in total. The maximum atomic E-state index is 11.9. The number of rotatable bonds is 5. The van der Waals surface area contributed by atoms with E-state index in [-0.39, 0.29) is 12.5 Å². The van der Waals surface area contributed by atoms with Gasteiger partial charge in [-0.1, -0.05) is 0 Å². The van der Waals surface area contributed by atoms with Crippen molar-refractivity contribution in [3.63, 3.8) is 0 Å². The van der Waals surface area contributed by atoms with Gasteiger partial charge >= 0.3 is 5.97 Å². The van der Waals surface area contributed by atoms with Crippen molar-refractivity contribution in [1.29, 1.82) is 0 Å². The van der Waals surface area contributed by atoms with Gasteiger partial charge in [-0.05, 0) is 43.6 Å². The second kappa shape index (κ2) is 7.23. The first-order valence-corrected chi connectivity index (χ1v) is 6.98. The van der Waals surface area contributed by atoms with Gasteiger partial charge in [0.05, 0.1) is 22.5 Å².